The lowest BCUT2D eigenvalue weighted by Gasteiger charge is -2.22. The summed E-state index contributed by atoms with van der Waals surface area (Å²) in [6.07, 6.45) is 6.79. The number of hydrogen-bond acceptors (Lipinski definition) is 5. The summed E-state index contributed by atoms with van der Waals surface area (Å²) in [7, 11) is 0. The summed E-state index contributed by atoms with van der Waals surface area (Å²) < 4.78 is 13.1. The van der Waals surface area contributed by atoms with E-state index in [1.54, 1.807) is 23.1 Å². The van der Waals surface area contributed by atoms with Gasteiger partial charge < -0.3 is 28.5 Å². The van der Waals surface area contributed by atoms with E-state index in [2.05, 4.69) is 10.2 Å². The Balaban J connectivity index is 1.34. The Labute approximate surface area is 194 Å². The van der Waals surface area contributed by atoms with Crippen LogP contribution in [0.5, 0.6) is 0 Å². The summed E-state index contributed by atoms with van der Waals surface area (Å²) in [6.45, 7) is 7.34. The van der Waals surface area contributed by atoms with Gasteiger partial charge in [0, 0.05) is 31.5 Å². The van der Waals surface area contributed by atoms with Crippen LogP contribution < -0.4 is 5.32 Å². The van der Waals surface area contributed by atoms with Gasteiger partial charge in [0.25, 0.3) is 11.8 Å². The van der Waals surface area contributed by atoms with Gasteiger partial charge in [0.15, 0.2) is 11.5 Å². The number of likely N-dealkylation sites (tertiary alicyclic amines) is 1. The second-order valence-electron chi connectivity index (χ2n) is 8.40. The van der Waals surface area contributed by atoms with Crippen molar-refractivity contribution >= 4 is 11.8 Å². The maximum absolute atomic E-state index is 12.8. The fourth-order valence-corrected chi connectivity index (χ4v) is 4.19. The first kappa shape index (κ1) is 22.9. The summed E-state index contributed by atoms with van der Waals surface area (Å²) in [6, 6.07) is 10.9. The van der Waals surface area contributed by atoms with E-state index >= 15 is 0 Å². The average Bonchev–Trinajstić information content (AvgIpc) is 3.61. The SMILES string of the molecule is CCCN(Cc1cccn1Cc1ccc(C(=O)NCCN2CCCC2)o1)C(=O)c1ccco1. The molecule has 0 radical (unpaired) electrons. The highest BCUT2D eigenvalue weighted by Gasteiger charge is 2.20. The van der Waals surface area contributed by atoms with Crippen molar-refractivity contribution in [2.24, 2.45) is 0 Å². The monoisotopic (exact) mass is 452 g/mol. The minimum atomic E-state index is -0.189. The molecule has 0 spiro atoms. The number of rotatable bonds is 11. The first-order valence-electron chi connectivity index (χ1n) is 11.7. The second kappa shape index (κ2) is 11.0. The van der Waals surface area contributed by atoms with Gasteiger partial charge in [-0.25, -0.2) is 0 Å². The zero-order chi connectivity index (χ0) is 23.0. The van der Waals surface area contributed by atoms with Gasteiger partial charge in [0.2, 0.25) is 0 Å². The van der Waals surface area contributed by atoms with E-state index in [4.69, 9.17) is 8.83 Å². The number of aromatic nitrogens is 1. The lowest BCUT2D eigenvalue weighted by Crippen LogP contribution is -2.33. The van der Waals surface area contributed by atoms with Crippen LogP contribution in [-0.2, 0) is 13.1 Å². The van der Waals surface area contributed by atoms with E-state index in [0.29, 0.717) is 43.5 Å². The molecule has 3 aromatic heterocycles. The largest absolute Gasteiger partial charge is 0.459 e. The van der Waals surface area contributed by atoms with Crippen molar-refractivity contribution in [2.45, 2.75) is 39.3 Å². The Bertz CT molecular complexity index is 1030. The van der Waals surface area contributed by atoms with E-state index < -0.39 is 0 Å². The Morgan fingerprint density at radius 2 is 1.94 bits per heavy atom. The van der Waals surface area contributed by atoms with E-state index in [1.165, 1.54) is 19.1 Å². The van der Waals surface area contributed by atoms with Crippen molar-refractivity contribution in [3.63, 3.8) is 0 Å². The number of amides is 2. The third-order valence-electron chi connectivity index (χ3n) is 5.91. The number of carbonyl (C=O) groups excluding carboxylic acids is 2. The molecule has 33 heavy (non-hydrogen) atoms. The van der Waals surface area contributed by atoms with Crippen LogP contribution in [0.2, 0.25) is 0 Å². The predicted molar refractivity (Wildman–Crippen MR) is 124 cm³/mol. The van der Waals surface area contributed by atoms with Crippen LogP contribution in [0.4, 0.5) is 0 Å². The van der Waals surface area contributed by atoms with Crippen molar-refractivity contribution < 1.29 is 18.4 Å². The first-order chi connectivity index (χ1) is 16.1. The van der Waals surface area contributed by atoms with Crippen molar-refractivity contribution in [1.82, 2.24) is 19.7 Å². The van der Waals surface area contributed by atoms with E-state index in [9.17, 15) is 9.59 Å². The molecule has 4 heterocycles. The molecule has 0 bridgehead atoms. The van der Waals surface area contributed by atoms with Gasteiger partial charge in [-0.05, 0) is 68.8 Å². The Morgan fingerprint density at radius 1 is 1.09 bits per heavy atom. The standard InChI is InChI=1S/C25H32N4O4/c1-2-12-29(25(31)23-8-6-17-32-23)18-20-7-5-15-28(20)19-21-9-10-22(33-21)24(30)26-11-16-27-13-3-4-14-27/h5-10,15,17H,2-4,11-14,16,18-19H2,1H3,(H,26,30). The third kappa shape index (κ3) is 5.96. The smallest absolute Gasteiger partial charge is 0.289 e. The molecule has 3 aromatic rings. The molecule has 8 nitrogen and oxygen atoms in total. The van der Waals surface area contributed by atoms with E-state index in [-0.39, 0.29) is 11.8 Å². The molecule has 1 fully saturated rings. The fraction of sp³-hybridized carbons (Fsp3) is 0.440. The van der Waals surface area contributed by atoms with Crippen molar-refractivity contribution in [3.05, 3.63) is 71.8 Å². The summed E-state index contributed by atoms with van der Waals surface area (Å²) >= 11 is 0. The van der Waals surface area contributed by atoms with Crippen LogP contribution in [0.1, 0.15) is 58.7 Å². The summed E-state index contributed by atoms with van der Waals surface area (Å²) in [5, 5.41) is 2.94. The first-order valence-corrected chi connectivity index (χ1v) is 11.7. The van der Waals surface area contributed by atoms with Crippen molar-refractivity contribution in [2.75, 3.05) is 32.7 Å². The molecule has 1 aliphatic heterocycles. The van der Waals surface area contributed by atoms with Crippen molar-refractivity contribution in [3.8, 4) is 0 Å². The molecule has 4 rings (SSSR count). The molecule has 1 aliphatic rings. The van der Waals surface area contributed by atoms with E-state index in [1.807, 2.05) is 35.9 Å². The Morgan fingerprint density at radius 3 is 2.70 bits per heavy atom. The average molecular weight is 453 g/mol. The molecule has 0 aromatic carbocycles. The molecule has 8 heteroatoms. The minimum absolute atomic E-state index is 0.125. The lowest BCUT2D eigenvalue weighted by atomic mass is 10.3. The van der Waals surface area contributed by atoms with Gasteiger partial charge in [-0.15, -0.1) is 0 Å². The van der Waals surface area contributed by atoms with Crippen LogP contribution in [0.25, 0.3) is 0 Å². The molecular weight excluding hydrogens is 420 g/mol. The van der Waals surface area contributed by atoms with Crippen LogP contribution in [0.3, 0.4) is 0 Å². The number of furan rings is 2. The summed E-state index contributed by atoms with van der Waals surface area (Å²) in [5.41, 5.74) is 0.983. The fourth-order valence-electron chi connectivity index (χ4n) is 4.19. The van der Waals surface area contributed by atoms with Crippen molar-refractivity contribution in [1.29, 1.82) is 0 Å². The van der Waals surface area contributed by atoms with Gasteiger partial charge in [-0.1, -0.05) is 6.92 Å². The number of hydrogen-bond donors (Lipinski definition) is 1. The van der Waals surface area contributed by atoms with Crippen LogP contribution in [0.15, 0.2) is 57.7 Å². The third-order valence-corrected chi connectivity index (χ3v) is 5.91. The molecule has 0 atom stereocenters. The molecule has 1 N–H and O–H groups in total. The molecule has 0 unspecified atom stereocenters. The molecule has 2 amide bonds. The Kier molecular flexibility index (Phi) is 7.67. The van der Waals surface area contributed by atoms with Crippen LogP contribution >= 0.6 is 0 Å². The molecule has 176 valence electrons. The zero-order valence-electron chi connectivity index (χ0n) is 19.2. The Hall–Kier alpha value is -3.26. The zero-order valence-corrected chi connectivity index (χ0v) is 19.2. The number of nitrogens with zero attached hydrogens (tertiary/aromatic N) is 3. The second-order valence-corrected chi connectivity index (χ2v) is 8.40. The summed E-state index contributed by atoms with van der Waals surface area (Å²) in [4.78, 5) is 29.4. The number of nitrogens with one attached hydrogen (secondary N) is 1. The normalized spacial score (nSPS) is 14.0. The van der Waals surface area contributed by atoms with Gasteiger partial charge in [-0.3, -0.25) is 9.59 Å². The predicted octanol–water partition coefficient (Wildman–Crippen LogP) is 3.60. The topological polar surface area (TPSA) is 83.9 Å². The minimum Gasteiger partial charge on any atom is -0.459 e. The quantitative estimate of drug-likeness (QED) is 0.481. The molecule has 0 aliphatic carbocycles. The maximum Gasteiger partial charge on any atom is 0.289 e. The highest BCUT2D eigenvalue weighted by Crippen LogP contribution is 2.16. The molecule has 1 saturated heterocycles. The van der Waals surface area contributed by atoms with Gasteiger partial charge >= 0.3 is 0 Å². The van der Waals surface area contributed by atoms with Crippen LogP contribution in [-0.4, -0.2) is 58.9 Å². The lowest BCUT2D eigenvalue weighted by molar-refractivity contribution is 0.0707. The van der Waals surface area contributed by atoms with E-state index in [0.717, 1.165) is 31.7 Å². The molecule has 0 saturated carbocycles. The highest BCUT2D eigenvalue weighted by molar-refractivity contribution is 5.91. The molecular formula is C25H32N4O4. The maximum atomic E-state index is 12.8. The van der Waals surface area contributed by atoms with Crippen LogP contribution in [0, 0.1) is 0 Å². The highest BCUT2D eigenvalue weighted by atomic mass is 16.4. The van der Waals surface area contributed by atoms with Gasteiger partial charge in [0.1, 0.15) is 5.76 Å². The van der Waals surface area contributed by atoms with Gasteiger partial charge in [-0.2, -0.15) is 0 Å². The van der Waals surface area contributed by atoms with Gasteiger partial charge in [0.05, 0.1) is 19.4 Å². The number of carbonyl (C=O) groups is 2. The summed E-state index contributed by atoms with van der Waals surface area (Å²) in [5.74, 6) is 1.04.